The van der Waals surface area contributed by atoms with E-state index in [0.717, 1.165) is 5.92 Å². The number of hydrogen-bond acceptors (Lipinski definition) is 2. The predicted octanol–water partition coefficient (Wildman–Crippen LogP) is 2.77. The van der Waals surface area contributed by atoms with Crippen LogP contribution in [0.2, 0.25) is 0 Å². The summed E-state index contributed by atoms with van der Waals surface area (Å²) in [6.45, 7) is 6.22. The third kappa shape index (κ3) is 3.46. The molecule has 0 amide bonds. The van der Waals surface area contributed by atoms with Crippen molar-refractivity contribution >= 4 is 0 Å². The number of nitrogens with zero attached hydrogens (tertiary/aromatic N) is 1. The van der Waals surface area contributed by atoms with Gasteiger partial charge in [0.1, 0.15) is 0 Å². The smallest absolute Gasteiger partial charge is 0.0166 e. The van der Waals surface area contributed by atoms with Gasteiger partial charge in [-0.2, -0.15) is 0 Å². The number of likely N-dealkylation sites (tertiary alicyclic amines) is 1. The van der Waals surface area contributed by atoms with E-state index >= 15 is 0 Å². The van der Waals surface area contributed by atoms with E-state index in [2.05, 4.69) is 11.8 Å². The topological polar surface area (TPSA) is 29.3 Å². The van der Waals surface area contributed by atoms with Crippen LogP contribution in [-0.4, -0.2) is 30.1 Å². The van der Waals surface area contributed by atoms with Crippen molar-refractivity contribution < 1.29 is 0 Å². The average molecular weight is 224 g/mol. The molecule has 1 aliphatic carbocycles. The van der Waals surface area contributed by atoms with Gasteiger partial charge >= 0.3 is 0 Å². The van der Waals surface area contributed by atoms with E-state index in [1.165, 1.54) is 71.0 Å². The maximum absolute atomic E-state index is 6.48. The van der Waals surface area contributed by atoms with Crippen molar-refractivity contribution in [3.8, 4) is 0 Å². The van der Waals surface area contributed by atoms with E-state index < -0.39 is 0 Å². The average Bonchev–Trinajstić information content (AvgIpc) is 2.29. The van der Waals surface area contributed by atoms with Gasteiger partial charge in [0.05, 0.1) is 0 Å². The van der Waals surface area contributed by atoms with Crippen LogP contribution in [0.4, 0.5) is 0 Å². The predicted molar refractivity (Wildman–Crippen MR) is 69.5 cm³/mol. The summed E-state index contributed by atoms with van der Waals surface area (Å²) in [7, 11) is 0. The summed E-state index contributed by atoms with van der Waals surface area (Å²) >= 11 is 0. The van der Waals surface area contributed by atoms with Crippen LogP contribution < -0.4 is 5.73 Å². The van der Waals surface area contributed by atoms with Gasteiger partial charge in [0.2, 0.25) is 0 Å². The fourth-order valence-electron chi connectivity index (χ4n) is 3.17. The van der Waals surface area contributed by atoms with Crippen molar-refractivity contribution in [3.05, 3.63) is 0 Å². The van der Waals surface area contributed by atoms with Crippen LogP contribution in [0.15, 0.2) is 0 Å². The molecule has 2 fully saturated rings. The van der Waals surface area contributed by atoms with Crippen molar-refractivity contribution in [1.29, 1.82) is 0 Å². The molecule has 0 radical (unpaired) electrons. The Bertz CT molecular complexity index is 201. The summed E-state index contributed by atoms with van der Waals surface area (Å²) in [5.74, 6) is 0.942. The molecule has 1 heterocycles. The normalized spacial score (nSPS) is 28.1. The summed E-state index contributed by atoms with van der Waals surface area (Å²) < 4.78 is 0. The second kappa shape index (κ2) is 5.50. The van der Waals surface area contributed by atoms with Crippen molar-refractivity contribution in [2.24, 2.45) is 11.7 Å². The molecule has 94 valence electrons. The number of rotatable bonds is 3. The number of nitrogens with two attached hydrogens (primary N) is 1. The molecule has 2 N–H and O–H groups in total. The third-order valence-corrected chi connectivity index (χ3v) is 4.65. The van der Waals surface area contributed by atoms with Gasteiger partial charge in [-0.3, -0.25) is 0 Å². The van der Waals surface area contributed by atoms with Crippen LogP contribution >= 0.6 is 0 Å². The number of hydrogen-bond donors (Lipinski definition) is 1. The van der Waals surface area contributed by atoms with Crippen LogP contribution in [0.5, 0.6) is 0 Å². The van der Waals surface area contributed by atoms with Crippen molar-refractivity contribution in [3.63, 3.8) is 0 Å². The summed E-state index contributed by atoms with van der Waals surface area (Å²) in [5.41, 5.74) is 6.66. The molecule has 0 aromatic carbocycles. The molecule has 0 bridgehead atoms. The molecule has 1 aliphatic heterocycles. The highest BCUT2D eigenvalue weighted by Crippen LogP contribution is 2.29. The zero-order valence-electron chi connectivity index (χ0n) is 10.9. The highest BCUT2D eigenvalue weighted by atomic mass is 15.1. The van der Waals surface area contributed by atoms with Crippen LogP contribution in [0.1, 0.15) is 58.3 Å². The van der Waals surface area contributed by atoms with Gasteiger partial charge in [0.15, 0.2) is 0 Å². The molecule has 2 aliphatic rings. The van der Waals surface area contributed by atoms with E-state index in [-0.39, 0.29) is 5.54 Å². The first-order valence-electron chi connectivity index (χ1n) is 7.19. The molecule has 0 aromatic rings. The minimum absolute atomic E-state index is 0.182. The van der Waals surface area contributed by atoms with Gasteiger partial charge in [-0.05, 0) is 57.7 Å². The Morgan fingerprint density at radius 2 is 1.75 bits per heavy atom. The van der Waals surface area contributed by atoms with E-state index in [4.69, 9.17) is 5.73 Å². The molecular weight excluding hydrogens is 196 g/mol. The number of piperidine rings is 1. The molecular formula is C14H28N2. The Hall–Kier alpha value is -0.0800. The van der Waals surface area contributed by atoms with E-state index in [0.29, 0.717) is 0 Å². The molecule has 1 saturated heterocycles. The first kappa shape index (κ1) is 12.4. The Morgan fingerprint density at radius 1 is 1.12 bits per heavy atom. The van der Waals surface area contributed by atoms with Crippen molar-refractivity contribution in [2.45, 2.75) is 63.8 Å². The zero-order chi connectivity index (χ0) is 11.4. The standard InChI is InChI=1S/C14H28N2/c1-13-5-10-16(11-6-13)12-9-14(15)7-3-2-4-8-14/h13H,2-12,15H2,1H3. The van der Waals surface area contributed by atoms with Crippen molar-refractivity contribution in [2.75, 3.05) is 19.6 Å². The lowest BCUT2D eigenvalue weighted by atomic mass is 9.80. The van der Waals surface area contributed by atoms with Crippen LogP contribution in [-0.2, 0) is 0 Å². The van der Waals surface area contributed by atoms with E-state index in [9.17, 15) is 0 Å². The molecule has 16 heavy (non-hydrogen) atoms. The fraction of sp³-hybridized carbons (Fsp3) is 1.00. The SMILES string of the molecule is CC1CCN(CCC2(N)CCCCC2)CC1. The first-order chi connectivity index (χ1) is 7.68. The molecule has 0 spiro atoms. The molecule has 2 rings (SSSR count). The van der Waals surface area contributed by atoms with Crippen LogP contribution in [0.3, 0.4) is 0 Å². The monoisotopic (exact) mass is 224 g/mol. The largest absolute Gasteiger partial charge is 0.325 e. The van der Waals surface area contributed by atoms with Gasteiger partial charge in [0, 0.05) is 5.54 Å². The summed E-state index contributed by atoms with van der Waals surface area (Å²) in [6.07, 6.45) is 10.6. The van der Waals surface area contributed by atoms with Gasteiger partial charge in [0.25, 0.3) is 0 Å². The first-order valence-corrected chi connectivity index (χ1v) is 7.19. The van der Waals surface area contributed by atoms with Gasteiger partial charge < -0.3 is 10.6 Å². The van der Waals surface area contributed by atoms with Crippen molar-refractivity contribution in [1.82, 2.24) is 4.90 Å². The van der Waals surface area contributed by atoms with Gasteiger partial charge in [-0.15, -0.1) is 0 Å². The summed E-state index contributed by atoms with van der Waals surface area (Å²) in [6, 6.07) is 0. The second-order valence-corrected chi connectivity index (χ2v) is 6.20. The maximum Gasteiger partial charge on any atom is 0.0166 e. The summed E-state index contributed by atoms with van der Waals surface area (Å²) in [4.78, 5) is 2.63. The second-order valence-electron chi connectivity index (χ2n) is 6.20. The van der Waals surface area contributed by atoms with E-state index in [1.807, 2.05) is 0 Å². The fourth-order valence-corrected chi connectivity index (χ4v) is 3.17. The Balaban J connectivity index is 1.70. The highest BCUT2D eigenvalue weighted by molar-refractivity contribution is 4.88. The zero-order valence-corrected chi connectivity index (χ0v) is 10.9. The molecule has 0 aromatic heterocycles. The quantitative estimate of drug-likeness (QED) is 0.798. The minimum atomic E-state index is 0.182. The molecule has 0 atom stereocenters. The molecule has 2 nitrogen and oxygen atoms in total. The van der Waals surface area contributed by atoms with Crippen LogP contribution in [0, 0.1) is 5.92 Å². The molecule has 1 saturated carbocycles. The van der Waals surface area contributed by atoms with E-state index in [1.54, 1.807) is 0 Å². The highest BCUT2D eigenvalue weighted by Gasteiger charge is 2.28. The van der Waals surface area contributed by atoms with Crippen LogP contribution in [0.25, 0.3) is 0 Å². The lowest BCUT2D eigenvalue weighted by Crippen LogP contribution is -2.45. The lowest BCUT2D eigenvalue weighted by molar-refractivity contribution is 0.163. The molecule has 0 unspecified atom stereocenters. The van der Waals surface area contributed by atoms with Gasteiger partial charge in [-0.1, -0.05) is 26.2 Å². The Morgan fingerprint density at radius 3 is 2.38 bits per heavy atom. The molecule has 2 heteroatoms. The Labute approximate surface area is 101 Å². The minimum Gasteiger partial charge on any atom is -0.325 e. The Kier molecular flexibility index (Phi) is 4.26. The summed E-state index contributed by atoms with van der Waals surface area (Å²) in [5, 5.41) is 0. The third-order valence-electron chi connectivity index (χ3n) is 4.65. The van der Waals surface area contributed by atoms with Gasteiger partial charge in [-0.25, -0.2) is 0 Å². The lowest BCUT2D eigenvalue weighted by Gasteiger charge is -2.37. The maximum atomic E-state index is 6.48.